The number of hydrogen-bond donors (Lipinski definition) is 1. The largest absolute Gasteiger partial charge is 0.342 e. The van der Waals surface area contributed by atoms with Crippen LogP contribution in [0.3, 0.4) is 0 Å². The van der Waals surface area contributed by atoms with Crippen molar-refractivity contribution in [2.24, 2.45) is 0 Å². The van der Waals surface area contributed by atoms with Crippen molar-refractivity contribution < 1.29 is 4.79 Å². The molecule has 1 N–H and O–H groups in total. The SMILES string of the molecule is CC1CCNC(CC#N)C(=O)N1C. The average Bonchev–Trinajstić information content (AvgIpc) is 2.22. The zero-order valence-corrected chi connectivity index (χ0v) is 8.08. The standard InChI is InChI=1S/C9H15N3O/c1-7-4-6-11-8(3-5-10)9(13)12(7)2/h7-8,11H,3-4,6H2,1-2H3. The lowest BCUT2D eigenvalue weighted by atomic mass is 10.2. The first-order chi connectivity index (χ1) is 6.16. The van der Waals surface area contributed by atoms with E-state index in [0.717, 1.165) is 13.0 Å². The van der Waals surface area contributed by atoms with Crippen molar-refractivity contribution in [3.63, 3.8) is 0 Å². The van der Waals surface area contributed by atoms with Gasteiger partial charge in [-0.1, -0.05) is 0 Å². The minimum Gasteiger partial charge on any atom is -0.342 e. The molecular formula is C9H15N3O. The van der Waals surface area contributed by atoms with Crippen molar-refractivity contribution in [1.29, 1.82) is 5.26 Å². The number of nitrogens with one attached hydrogen (secondary N) is 1. The minimum atomic E-state index is -0.306. The van der Waals surface area contributed by atoms with Crippen LogP contribution in [0.15, 0.2) is 0 Å². The van der Waals surface area contributed by atoms with Gasteiger partial charge in [0, 0.05) is 13.1 Å². The maximum atomic E-state index is 11.7. The fourth-order valence-corrected chi connectivity index (χ4v) is 1.46. The molecule has 13 heavy (non-hydrogen) atoms. The second-order valence-corrected chi connectivity index (χ2v) is 3.46. The topological polar surface area (TPSA) is 56.1 Å². The Hall–Kier alpha value is -1.08. The highest BCUT2D eigenvalue weighted by atomic mass is 16.2. The molecule has 0 aromatic rings. The van der Waals surface area contributed by atoms with E-state index >= 15 is 0 Å². The first kappa shape index (κ1) is 10.0. The molecule has 0 radical (unpaired) electrons. The zero-order chi connectivity index (χ0) is 9.84. The van der Waals surface area contributed by atoms with Crippen molar-refractivity contribution in [2.75, 3.05) is 13.6 Å². The van der Waals surface area contributed by atoms with Gasteiger partial charge >= 0.3 is 0 Å². The van der Waals surface area contributed by atoms with Crippen LogP contribution in [0.5, 0.6) is 0 Å². The molecule has 1 fully saturated rings. The highest BCUT2D eigenvalue weighted by molar-refractivity contribution is 5.82. The lowest BCUT2D eigenvalue weighted by Gasteiger charge is -2.23. The summed E-state index contributed by atoms with van der Waals surface area (Å²) in [5, 5.41) is 11.6. The van der Waals surface area contributed by atoms with E-state index in [-0.39, 0.29) is 24.4 Å². The Bertz CT molecular complexity index is 234. The molecule has 2 unspecified atom stereocenters. The third-order valence-electron chi connectivity index (χ3n) is 2.56. The number of amides is 1. The highest BCUT2D eigenvalue weighted by Crippen LogP contribution is 2.09. The summed E-state index contributed by atoms with van der Waals surface area (Å²) in [6.45, 7) is 2.83. The lowest BCUT2D eigenvalue weighted by Crippen LogP contribution is -2.43. The van der Waals surface area contributed by atoms with Gasteiger partial charge in [-0.3, -0.25) is 4.79 Å². The van der Waals surface area contributed by atoms with Gasteiger partial charge in [-0.2, -0.15) is 5.26 Å². The Morgan fingerprint density at radius 2 is 2.46 bits per heavy atom. The number of rotatable bonds is 1. The Morgan fingerprint density at radius 1 is 1.77 bits per heavy atom. The molecule has 1 amide bonds. The van der Waals surface area contributed by atoms with Gasteiger partial charge in [-0.15, -0.1) is 0 Å². The molecule has 0 spiro atoms. The van der Waals surface area contributed by atoms with E-state index in [2.05, 4.69) is 5.32 Å². The third kappa shape index (κ3) is 2.19. The predicted molar refractivity (Wildman–Crippen MR) is 48.9 cm³/mol. The van der Waals surface area contributed by atoms with Crippen LogP contribution < -0.4 is 5.32 Å². The minimum absolute atomic E-state index is 0.0338. The normalized spacial score (nSPS) is 29.6. The molecule has 1 aliphatic rings. The first-order valence-electron chi connectivity index (χ1n) is 4.54. The highest BCUT2D eigenvalue weighted by Gasteiger charge is 2.27. The van der Waals surface area contributed by atoms with Gasteiger partial charge in [0.1, 0.15) is 0 Å². The second kappa shape index (κ2) is 4.24. The Morgan fingerprint density at radius 3 is 3.08 bits per heavy atom. The number of hydrogen-bond acceptors (Lipinski definition) is 3. The van der Waals surface area contributed by atoms with Crippen LogP contribution in [-0.4, -0.2) is 36.5 Å². The average molecular weight is 181 g/mol. The fraction of sp³-hybridized carbons (Fsp3) is 0.778. The number of nitrogens with zero attached hydrogens (tertiary/aromatic N) is 2. The molecular weight excluding hydrogens is 166 g/mol. The van der Waals surface area contributed by atoms with Gasteiger partial charge in [-0.25, -0.2) is 0 Å². The third-order valence-corrected chi connectivity index (χ3v) is 2.56. The second-order valence-electron chi connectivity index (χ2n) is 3.46. The van der Waals surface area contributed by atoms with Crippen LogP contribution in [0.2, 0.25) is 0 Å². The van der Waals surface area contributed by atoms with Crippen LogP contribution in [0.1, 0.15) is 19.8 Å². The maximum absolute atomic E-state index is 11.7. The zero-order valence-electron chi connectivity index (χ0n) is 8.08. The smallest absolute Gasteiger partial charge is 0.240 e. The quantitative estimate of drug-likeness (QED) is 0.624. The van der Waals surface area contributed by atoms with E-state index in [1.165, 1.54) is 0 Å². The molecule has 1 rings (SSSR count). The molecule has 0 aromatic heterocycles. The van der Waals surface area contributed by atoms with E-state index in [0.29, 0.717) is 0 Å². The number of likely N-dealkylation sites (N-methyl/N-ethyl adjacent to an activating group) is 1. The molecule has 1 heterocycles. The van der Waals surface area contributed by atoms with Gasteiger partial charge in [-0.05, 0) is 19.9 Å². The molecule has 1 saturated heterocycles. The number of carbonyl (C=O) groups excluding carboxylic acids is 1. The molecule has 2 atom stereocenters. The summed E-state index contributed by atoms with van der Waals surface area (Å²) in [6, 6.07) is 1.98. The summed E-state index contributed by atoms with van der Waals surface area (Å²) in [6.07, 6.45) is 1.21. The monoisotopic (exact) mass is 181 g/mol. The van der Waals surface area contributed by atoms with E-state index in [1.807, 2.05) is 13.0 Å². The molecule has 4 nitrogen and oxygen atoms in total. The summed E-state index contributed by atoms with van der Waals surface area (Å²) in [5.41, 5.74) is 0. The summed E-state index contributed by atoms with van der Waals surface area (Å²) < 4.78 is 0. The van der Waals surface area contributed by atoms with Gasteiger partial charge < -0.3 is 10.2 Å². The van der Waals surface area contributed by atoms with Gasteiger partial charge in [0.15, 0.2) is 0 Å². The molecule has 0 saturated carbocycles. The van der Waals surface area contributed by atoms with Crippen LogP contribution in [-0.2, 0) is 4.79 Å². The Balaban J connectivity index is 2.68. The van der Waals surface area contributed by atoms with E-state index in [4.69, 9.17) is 5.26 Å². The summed E-state index contributed by atoms with van der Waals surface area (Å²) >= 11 is 0. The fourth-order valence-electron chi connectivity index (χ4n) is 1.46. The molecule has 0 bridgehead atoms. The Labute approximate surface area is 78.5 Å². The van der Waals surface area contributed by atoms with Crippen LogP contribution in [0, 0.1) is 11.3 Å². The summed E-state index contributed by atoms with van der Waals surface area (Å²) in [5.74, 6) is 0.0338. The number of nitriles is 1. The van der Waals surface area contributed by atoms with Crippen molar-refractivity contribution >= 4 is 5.91 Å². The van der Waals surface area contributed by atoms with Crippen molar-refractivity contribution in [2.45, 2.75) is 31.8 Å². The van der Waals surface area contributed by atoms with Crippen LogP contribution >= 0.6 is 0 Å². The molecule has 0 aromatic carbocycles. The maximum Gasteiger partial charge on any atom is 0.240 e. The lowest BCUT2D eigenvalue weighted by molar-refractivity contribution is -0.132. The number of carbonyl (C=O) groups is 1. The molecule has 72 valence electrons. The van der Waals surface area contributed by atoms with Crippen LogP contribution in [0.25, 0.3) is 0 Å². The molecule has 0 aliphatic carbocycles. The van der Waals surface area contributed by atoms with Crippen molar-refractivity contribution in [3.8, 4) is 6.07 Å². The van der Waals surface area contributed by atoms with Crippen molar-refractivity contribution in [1.82, 2.24) is 10.2 Å². The van der Waals surface area contributed by atoms with E-state index < -0.39 is 0 Å². The summed E-state index contributed by atoms with van der Waals surface area (Å²) in [4.78, 5) is 13.4. The van der Waals surface area contributed by atoms with E-state index in [1.54, 1.807) is 11.9 Å². The first-order valence-corrected chi connectivity index (χ1v) is 4.54. The molecule has 1 aliphatic heterocycles. The molecule has 4 heteroatoms. The van der Waals surface area contributed by atoms with Gasteiger partial charge in [0.05, 0.1) is 18.5 Å². The van der Waals surface area contributed by atoms with Gasteiger partial charge in [0.2, 0.25) is 5.91 Å². The van der Waals surface area contributed by atoms with Gasteiger partial charge in [0.25, 0.3) is 0 Å². The summed E-state index contributed by atoms with van der Waals surface area (Å²) in [7, 11) is 1.80. The Kier molecular flexibility index (Phi) is 3.26. The van der Waals surface area contributed by atoms with Crippen molar-refractivity contribution in [3.05, 3.63) is 0 Å². The van der Waals surface area contributed by atoms with Crippen LogP contribution in [0.4, 0.5) is 0 Å². The van der Waals surface area contributed by atoms with E-state index in [9.17, 15) is 4.79 Å². The predicted octanol–water partition coefficient (Wildman–Crippen LogP) is 0.109.